The lowest BCUT2D eigenvalue weighted by Gasteiger charge is -2.04. The van der Waals surface area contributed by atoms with E-state index in [9.17, 15) is 4.79 Å². The highest BCUT2D eigenvalue weighted by Gasteiger charge is 2.03. The lowest BCUT2D eigenvalue weighted by Crippen LogP contribution is -2.03. The van der Waals surface area contributed by atoms with Gasteiger partial charge in [-0.1, -0.05) is 13.8 Å². The van der Waals surface area contributed by atoms with E-state index in [1.807, 2.05) is 6.07 Å². The van der Waals surface area contributed by atoms with Gasteiger partial charge in [-0.2, -0.15) is 0 Å². The molecule has 0 bridgehead atoms. The van der Waals surface area contributed by atoms with E-state index in [1.54, 1.807) is 6.92 Å². The third kappa shape index (κ3) is 3.64. The Morgan fingerprint density at radius 1 is 1.36 bits per heavy atom. The maximum Gasteiger partial charge on any atom is 0.135 e. The molecule has 0 unspecified atom stereocenters. The van der Waals surface area contributed by atoms with Gasteiger partial charge in [0.05, 0.1) is 5.69 Å². The predicted molar refractivity (Wildman–Crippen MR) is 55.0 cm³/mol. The van der Waals surface area contributed by atoms with Crippen LogP contribution in [0.25, 0.3) is 0 Å². The van der Waals surface area contributed by atoms with E-state index in [4.69, 9.17) is 0 Å². The van der Waals surface area contributed by atoms with E-state index in [0.717, 1.165) is 17.8 Å². The van der Waals surface area contributed by atoms with E-state index in [1.165, 1.54) is 6.33 Å². The zero-order chi connectivity index (χ0) is 10.6. The van der Waals surface area contributed by atoms with Gasteiger partial charge in [-0.25, -0.2) is 9.97 Å². The molecule has 0 saturated heterocycles. The van der Waals surface area contributed by atoms with Crippen LogP contribution < -0.4 is 0 Å². The van der Waals surface area contributed by atoms with Gasteiger partial charge in [0.2, 0.25) is 0 Å². The van der Waals surface area contributed by atoms with Crippen molar-refractivity contribution >= 4 is 5.78 Å². The van der Waals surface area contributed by atoms with Crippen LogP contribution in [0.3, 0.4) is 0 Å². The van der Waals surface area contributed by atoms with Crippen LogP contribution in [-0.2, 0) is 17.6 Å². The zero-order valence-electron chi connectivity index (χ0n) is 8.95. The summed E-state index contributed by atoms with van der Waals surface area (Å²) in [6, 6.07) is 1.92. The van der Waals surface area contributed by atoms with Crippen LogP contribution in [-0.4, -0.2) is 15.8 Å². The number of aromatic nitrogens is 2. The molecule has 0 fully saturated rings. The van der Waals surface area contributed by atoms with Crippen molar-refractivity contribution in [3.63, 3.8) is 0 Å². The van der Waals surface area contributed by atoms with E-state index >= 15 is 0 Å². The minimum Gasteiger partial charge on any atom is -0.300 e. The SMILES string of the molecule is CC(=O)Cc1cc(CC(C)C)ncn1. The summed E-state index contributed by atoms with van der Waals surface area (Å²) >= 11 is 0. The Balaban J connectivity index is 2.73. The van der Waals surface area contributed by atoms with Crippen LogP contribution in [0.1, 0.15) is 32.2 Å². The minimum atomic E-state index is 0.138. The second kappa shape index (κ2) is 4.84. The fourth-order valence-corrected chi connectivity index (χ4v) is 1.33. The highest BCUT2D eigenvalue weighted by atomic mass is 16.1. The number of rotatable bonds is 4. The fourth-order valence-electron chi connectivity index (χ4n) is 1.33. The van der Waals surface area contributed by atoms with E-state index in [2.05, 4.69) is 23.8 Å². The number of hydrogen-bond acceptors (Lipinski definition) is 3. The first-order valence-corrected chi connectivity index (χ1v) is 4.87. The highest BCUT2D eigenvalue weighted by Crippen LogP contribution is 2.06. The van der Waals surface area contributed by atoms with Crippen molar-refractivity contribution in [1.29, 1.82) is 0 Å². The Morgan fingerprint density at radius 3 is 2.57 bits per heavy atom. The molecule has 3 nitrogen and oxygen atoms in total. The van der Waals surface area contributed by atoms with Crippen molar-refractivity contribution < 1.29 is 4.79 Å². The molecule has 0 aliphatic carbocycles. The average molecular weight is 192 g/mol. The summed E-state index contributed by atoms with van der Waals surface area (Å²) in [5.74, 6) is 0.717. The molecule has 0 spiro atoms. The summed E-state index contributed by atoms with van der Waals surface area (Å²) in [7, 11) is 0. The van der Waals surface area contributed by atoms with Crippen molar-refractivity contribution in [1.82, 2.24) is 9.97 Å². The molecule has 1 aromatic rings. The van der Waals surface area contributed by atoms with Crippen molar-refractivity contribution in [3.05, 3.63) is 23.8 Å². The normalized spacial score (nSPS) is 10.6. The second-order valence-corrected chi connectivity index (χ2v) is 3.98. The molecule has 76 valence electrons. The van der Waals surface area contributed by atoms with Crippen molar-refractivity contribution in [3.8, 4) is 0 Å². The van der Waals surface area contributed by atoms with Gasteiger partial charge >= 0.3 is 0 Å². The number of Topliss-reactive ketones (excluding diaryl/α,β-unsaturated/α-hetero) is 1. The fraction of sp³-hybridized carbons (Fsp3) is 0.545. The molecular formula is C11H16N2O. The Labute approximate surface area is 84.6 Å². The monoisotopic (exact) mass is 192 g/mol. The highest BCUT2D eigenvalue weighted by molar-refractivity contribution is 5.77. The van der Waals surface area contributed by atoms with E-state index < -0.39 is 0 Å². The summed E-state index contributed by atoms with van der Waals surface area (Å²) in [5, 5.41) is 0. The zero-order valence-corrected chi connectivity index (χ0v) is 8.95. The summed E-state index contributed by atoms with van der Waals surface area (Å²) in [5.41, 5.74) is 1.84. The first-order chi connectivity index (χ1) is 6.58. The number of nitrogens with zero attached hydrogens (tertiary/aromatic N) is 2. The van der Waals surface area contributed by atoms with Crippen LogP contribution >= 0.6 is 0 Å². The summed E-state index contributed by atoms with van der Waals surface area (Å²) in [6.07, 6.45) is 2.89. The molecular weight excluding hydrogens is 176 g/mol. The van der Waals surface area contributed by atoms with Crippen molar-refractivity contribution in [2.24, 2.45) is 5.92 Å². The maximum atomic E-state index is 10.9. The molecule has 0 aliphatic heterocycles. The lowest BCUT2D eigenvalue weighted by molar-refractivity contribution is -0.116. The second-order valence-electron chi connectivity index (χ2n) is 3.98. The molecule has 1 heterocycles. The van der Waals surface area contributed by atoms with Gasteiger partial charge in [0.25, 0.3) is 0 Å². The first-order valence-electron chi connectivity index (χ1n) is 4.87. The smallest absolute Gasteiger partial charge is 0.135 e. The third-order valence-electron chi connectivity index (χ3n) is 1.83. The van der Waals surface area contributed by atoms with Crippen LogP contribution in [0.2, 0.25) is 0 Å². The predicted octanol–water partition coefficient (Wildman–Crippen LogP) is 1.81. The molecule has 3 heteroatoms. The molecule has 0 amide bonds. The summed E-state index contributed by atoms with van der Waals surface area (Å²) in [6.45, 7) is 5.86. The van der Waals surface area contributed by atoms with E-state index in [0.29, 0.717) is 12.3 Å². The number of ketones is 1. The van der Waals surface area contributed by atoms with Gasteiger partial charge in [0, 0.05) is 12.1 Å². The lowest BCUT2D eigenvalue weighted by atomic mass is 10.1. The van der Waals surface area contributed by atoms with Gasteiger partial charge in [-0.3, -0.25) is 4.79 Å². The Morgan fingerprint density at radius 2 is 2.00 bits per heavy atom. The molecule has 0 N–H and O–H groups in total. The summed E-state index contributed by atoms with van der Waals surface area (Å²) in [4.78, 5) is 19.1. The van der Waals surface area contributed by atoms with Crippen LogP contribution in [0, 0.1) is 5.92 Å². The average Bonchev–Trinajstić information content (AvgIpc) is 2.01. The molecule has 0 aromatic carbocycles. The molecule has 0 saturated carbocycles. The molecule has 0 atom stereocenters. The number of carbonyl (C=O) groups excluding carboxylic acids is 1. The van der Waals surface area contributed by atoms with E-state index in [-0.39, 0.29) is 5.78 Å². The Bertz CT molecular complexity index is 321. The van der Waals surface area contributed by atoms with Gasteiger partial charge < -0.3 is 0 Å². The Hall–Kier alpha value is -1.25. The van der Waals surface area contributed by atoms with Gasteiger partial charge in [-0.05, 0) is 25.3 Å². The standard InChI is InChI=1S/C11H16N2O/c1-8(2)4-10-6-11(5-9(3)14)13-7-12-10/h6-8H,4-5H2,1-3H3. The Kier molecular flexibility index (Phi) is 3.74. The quantitative estimate of drug-likeness (QED) is 0.730. The van der Waals surface area contributed by atoms with Crippen LogP contribution in [0.5, 0.6) is 0 Å². The van der Waals surface area contributed by atoms with Gasteiger partial charge in [0.1, 0.15) is 12.1 Å². The largest absolute Gasteiger partial charge is 0.300 e. The van der Waals surface area contributed by atoms with Crippen molar-refractivity contribution in [2.75, 3.05) is 0 Å². The molecule has 0 radical (unpaired) electrons. The van der Waals surface area contributed by atoms with Crippen molar-refractivity contribution in [2.45, 2.75) is 33.6 Å². The molecule has 0 aliphatic rings. The van der Waals surface area contributed by atoms with Gasteiger partial charge in [-0.15, -0.1) is 0 Å². The summed E-state index contributed by atoms with van der Waals surface area (Å²) < 4.78 is 0. The molecule has 14 heavy (non-hydrogen) atoms. The minimum absolute atomic E-state index is 0.138. The van der Waals surface area contributed by atoms with Crippen LogP contribution in [0.15, 0.2) is 12.4 Å². The topological polar surface area (TPSA) is 42.9 Å². The van der Waals surface area contributed by atoms with Crippen LogP contribution in [0.4, 0.5) is 0 Å². The molecule has 1 aromatic heterocycles. The maximum absolute atomic E-state index is 10.9. The van der Waals surface area contributed by atoms with Gasteiger partial charge in [0.15, 0.2) is 0 Å². The number of carbonyl (C=O) groups is 1. The third-order valence-corrected chi connectivity index (χ3v) is 1.83. The number of hydrogen-bond donors (Lipinski definition) is 0. The first kappa shape index (κ1) is 10.8. The molecule has 1 rings (SSSR count).